The van der Waals surface area contributed by atoms with Gasteiger partial charge in [-0.1, -0.05) is 5.16 Å². The number of hydrogen-bond donors (Lipinski definition) is 0. The SMILES string of the molecule is CC(=O)N1CCCC(c2nc(-c3ccc4c(c3)CCO4)no2)C1. The van der Waals surface area contributed by atoms with Gasteiger partial charge in [0, 0.05) is 32.0 Å². The first-order chi connectivity index (χ1) is 11.2. The third kappa shape index (κ3) is 2.69. The van der Waals surface area contributed by atoms with Crippen LogP contribution in [0.25, 0.3) is 11.4 Å². The maximum Gasteiger partial charge on any atom is 0.231 e. The van der Waals surface area contributed by atoms with E-state index in [1.165, 1.54) is 5.56 Å². The second-order valence-electron chi connectivity index (χ2n) is 6.18. The van der Waals surface area contributed by atoms with Gasteiger partial charge in [-0.2, -0.15) is 4.98 Å². The number of carbonyl (C=O) groups excluding carboxylic acids is 1. The Kier molecular flexibility index (Phi) is 3.52. The minimum Gasteiger partial charge on any atom is -0.493 e. The number of amides is 1. The zero-order chi connectivity index (χ0) is 15.8. The summed E-state index contributed by atoms with van der Waals surface area (Å²) in [7, 11) is 0. The lowest BCUT2D eigenvalue weighted by atomic mass is 9.98. The van der Waals surface area contributed by atoms with Crippen molar-refractivity contribution in [3.63, 3.8) is 0 Å². The highest BCUT2D eigenvalue weighted by atomic mass is 16.5. The number of likely N-dealkylation sites (tertiary alicyclic amines) is 1. The van der Waals surface area contributed by atoms with Gasteiger partial charge in [0.25, 0.3) is 0 Å². The Hall–Kier alpha value is -2.37. The monoisotopic (exact) mass is 313 g/mol. The van der Waals surface area contributed by atoms with Crippen LogP contribution in [0.1, 0.15) is 37.1 Å². The molecule has 0 radical (unpaired) electrons. The molecule has 23 heavy (non-hydrogen) atoms. The number of hydrogen-bond acceptors (Lipinski definition) is 5. The normalized spacial score (nSPS) is 20.2. The molecule has 1 fully saturated rings. The van der Waals surface area contributed by atoms with Gasteiger partial charge in [-0.05, 0) is 36.6 Å². The van der Waals surface area contributed by atoms with Crippen LogP contribution >= 0.6 is 0 Å². The third-order valence-corrected chi connectivity index (χ3v) is 4.61. The van der Waals surface area contributed by atoms with Crippen molar-refractivity contribution in [2.75, 3.05) is 19.7 Å². The molecule has 1 unspecified atom stereocenters. The molecule has 6 nitrogen and oxygen atoms in total. The molecule has 0 aliphatic carbocycles. The number of piperidine rings is 1. The van der Waals surface area contributed by atoms with E-state index in [1.54, 1.807) is 6.92 Å². The second-order valence-corrected chi connectivity index (χ2v) is 6.18. The van der Waals surface area contributed by atoms with E-state index in [-0.39, 0.29) is 11.8 Å². The highest BCUT2D eigenvalue weighted by Gasteiger charge is 2.27. The van der Waals surface area contributed by atoms with Crippen LogP contribution in [0.15, 0.2) is 22.7 Å². The standard InChI is InChI=1S/C17H19N3O3/c1-11(21)20-7-2-3-14(10-20)17-18-16(19-23-17)13-4-5-15-12(9-13)6-8-22-15/h4-5,9,14H,2-3,6-8,10H2,1H3. The summed E-state index contributed by atoms with van der Waals surface area (Å²) in [5.41, 5.74) is 2.14. The van der Waals surface area contributed by atoms with E-state index in [0.29, 0.717) is 18.3 Å². The molecule has 120 valence electrons. The Morgan fingerprint density at radius 2 is 2.30 bits per heavy atom. The molecule has 2 aromatic rings. The van der Waals surface area contributed by atoms with Crippen LogP contribution in [0.3, 0.4) is 0 Å². The van der Waals surface area contributed by atoms with E-state index >= 15 is 0 Å². The minimum atomic E-state index is 0.105. The first-order valence-electron chi connectivity index (χ1n) is 8.06. The summed E-state index contributed by atoms with van der Waals surface area (Å²) in [4.78, 5) is 18.0. The maximum atomic E-state index is 11.6. The Morgan fingerprint density at radius 1 is 1.39 bits per heavy atom. The predicted octanol–water partition coefficient (Wildman–Crippen LogP) is 2.40. The molecule has 0 saturated carbocycles. The molecule has 1 amide bonds. The average molecular weight is 313 g/mol. The molecular weight excluding hydrogens is 294 g/mol. The summed E-state index contributed by atoms with van der Waals surface area (Å²) in [6.07, 6.45) is 2.87. The average Bonchev–Trinajstić information content (AvgIpc) is 3.23. The summed E-state index contributed by atoms with van der Waals surface area (Å²) in [5.74, 6) is 2.42. The Balaban J connectivity index is 1.56. The van der Waals surface area contributed by atoms with Gasteiger partial charge in [0.15, 0.2) is 0 Å². The fourth-order valence-electron chi connectivity index (χ4n) is 3.31. The van der Waals surface area contributed by atoms with Gasteiger partial charge in [-0.15, -0.1) is 0 Å². The van der Waals surface area contributed by atoms with Crippen LogP contribution in [0.2, 0.25) is 0 Å². The fraction of sp³-hybridized carbons (Fsp3) is 0.471. The van der Waals surface area contributed by atoms with Crippen LogP contribution < -0.4 is 4.74 Å². The van der Waals surface area contributed by atoms with Gasteiger partial charge in [-0.25, -0.2) is 0 Å². The maximum absolute atomic E-state index is 11.6. The molecule has 3 heterocycles. The number of rotatable bonds is 2. The van der Waals surface area contributed by atoms with E-state index in [2.05, 4.69) is 16.2 Å². The summed E-state index contributed by atoms with van der Waals surface area (Å²) in [6.45, 7) is 3.82. The van der Waals surface area contributed by atoms with E-state index in [4.69, 9.17) is 9.26 Å². The zero-order valence-electron chi connectivity index (χ0n) is 13.1. The topological polar surface area (TPSA) is 68.5 Å². The van der Waals surface area contributed by atoms with Crippen molar-refractivity contribution < 1.29 is 14.1 Å². The number of carbonyl (C=O) groups is 1. The summed E-state index contributed by atoms with van der Waals surface area (Å²) in [5, 5.41) is 4.13. The first-order valence-corrected chi connectivity index (χ1v) is 8.06. The van der Waals surface area contributed by atoms with Gasteiger partial charge < -0.3 is 14.2 Å². The molecule has 2 aliphatic rings. The van der Waals surface area contributed by atoms with Crippen molar-refractivity contribution in [1.82, 2.24) is 15.0 Å². The summed E-state index contributed by atoms with van der Waals surface area (Å²) in [6, 6.07) is 5.99. The Morgan fingerprint density at radius 3 is 3.17 bits per heavy atom. The fourth-order valence-corrected chi connectivity index (χ4v) is 3.31. The van der Waals surface area contributed by atoms with Crippen LogP contribution in [-0.2, 0) is 11.2 Å². The molecule has 2 aliphatic heterocycles. The molecule has 1 aromatic heterocycles. The molecule has 1 atom stereocenters. The molecule has 4 rings (SSSR count). The highest BCUT2D eigenvalue weighted by molar-refractivity contribution is 5.73. The first kappa shape index (κ1) is 14.2. The van der Waals surface area contributed by atoms with Gasteiger partial charge in [-0.3, -0.25) is 4.79 Å². The van der Waals surface area contributed by atoms with Crippen molar-refractivity contribution in [2.45, 2.75) is 32.1 Å². The van der Waals surface area contributed by atoms with Crippen molar-refractivity contribution in [3.05, 3.63) is 29.7 Å². The van der Waals surface area contributed by atoms with Crippen LogP contribution in [0.5, 0.6) is 5.75 Å². The Bertz CT molecular complexity index is 740. The third-order valence-electron chi connectivity index (χ3n) is 4.61. The highest BCUT2D eigenvalue weighted by Crippen LogP contribution is 2.31. The number of aromatic nitrogens is 2. The lowest BCUT2D eigenvalue weighted by molar-refractivity contribution is -0.130. The second kappa shape index (κ2) is 5.68. The van der Waals surface area contributed by atoms with Gasteiger partial charge in [0.05, 0.1) is 12.5 Å². The molecule has 0 N–H and O–H groups in total. The number of fused-ring (bicyclic) bond motifs is 1. The Labute approximate surface area is 134 Å². The molecule has 0 spiro atoms. The van der Waals surface area contributed by atoms with Crippen LogP contribution in [0.4, 0.5) is 0 Å². The smallest absolute Gasteiger partial charge is 0.231 e. The van der Waals surface area contributed by atoms with Crippen molar-refractivity contribution >= 4 is 5.91 Å². The van der Waals surface area contributed by atoms with E-state index < -0.39 is 0 Å². The number of ether oxygens (including phenoxy) is 1. The van der Waals surface area contributed by atoms with Crippen molar-refractivity contribution in [1.29, 1.82) is 0 Å². The van der Waals surface area contributed by atoms with E-state index in [1.807, 2.05) is 17.0 Å². The van der Waals surface area contributed by atoms with E-state index in [9.17, 15) is 4.79 Å². The van der Waals surface area contributed by atoms with Gasteiger partial charge >= 0.3 is 0 Å². The lowest BCUT2D eigenvalue weighted by Gasteiger charge is -2.29. The molecule has 1 aromatic carbocycles. The van der Waals surface area contributed by atoms with Gasteiger partial charge in [0.2, 0.25) is 17.6 Å². The van der Waals surface area contributed by atoms with Crippen LogP contribution in [-0.4, -0.2) is 40.6 Å². The summed E-state index contributed by atoms with van der Waals surface area (Å²) < 4.78 is 11.0. The number of nitrogens with zero attached hydrogens (tertiary/aromatic N) is 3. The molecule has 0 bridgehead atoms. The zero-order valence-corrected chi connectivity index (χ0v) is 13.1. The molecular formula is C17H19N3O3. The van der Waals surface area contributed by atoms with Crippen molar-refractivity contribution in [2.24, 2.45) is 0 Å². The quantitative estimate of drug-likeness (QED) is 0.851. The molecule has 6 heteroatoms. The number of benzene rings is 1. The lowest BCUT2D eigenvalue weighted by Crippen LogP contribution is -2.37. The molecule has 1 saturated heterocycles. The van der Waals surface area contributed by atoms with E-state index in [0.717, 1.165) is 43.7 Å². The van der Waals surface area contributed by atoms with Crippen molar-refractivity contribution in [3.8, 4) is 17.1 Å². The minimum absolute atomic E-state index is 0.105. The predicted molar refractivity (Wildman–Crippen MR) is 83.2 cm³/mol. The summed E-state index contributed by atoms with van der Waals surface area (Å²) >= 11 is 0. The van der Waals surface area contributed by atoms with Gasteiger partial charge in [0.1, 0.15) is 5.75 Å². The van der Waals surface area contributed by atoms with Crippen LogP contribution in [0, 0.1) is 0 Å². The largest absolute Gasteiger partial charge is 0.493 e.